The van der Waals surface area contributed by atoms with Gasteiger partial charge >= 0.3 is 6.18 Å². The molecule has 0 unspecified atom stereocenters. The molecule has 97 heavy (non-hydrogen) atoms. The van der Waals surface area contributed by atoms with Crippen molar-refractivity contribution >= 4 is 143 Å². The van der Waals surface area contributed by atoms with Crippen molar-refractivity contribution in [2.45, 2.75) is 16.0 Å². The lowest BCUT2D eigenvalue weighted by Crippen LogP contribution is -2.65. The van der Waals surface area contributed by atoms with E-state index < -0.39 is 31.0 Å². The minimum atomic E-state index is -4.84. The highest BCUT2D eigenvalue weighted by Crippen LogP contribution is 2.54. The molecular formula is C85H55B2F4N5S. The van der Waals surface area contributed by atoms with Crippen molar-refractivity contribution in [1.29, 1.82) is 0 Å². The van der Waals surface area contributed by atoms with E-state index in [2.05, 4.69) is 202 Å². The highest BCUT2D eigenvalue weighted by molar-refractivity contribution is 8.00. The minimum absolute atomic E-state index is 0.0604. The zero-order valence-corrected chi connectivity index (χ0v) is 52.9. The Hall–Kier alpha value is -11.7. The number of alkyl halides is 3. The number of rotatable bonds is 11. The molecule has 5 nitrogen and oxygen atoms in total. The van der Waals surface area contributed by atoms with E-state index in [0.717, 1.165) is 123 Å². The van der Waals surface area contributed by atoms with E-state index in [4.69, 9.17) is 0 Å². The van der Waals surface area contributed by atoms with Crippen LogP contribution in [-0.4, -0.2) is 13.4 Å². The zero-order valence-electron chi connectivity index (χ0n) is 52.1. The van der Waals surface area contributed by atoms with Crippen molar-refractivity contribution in [3.8, 4) is 22.3 Å². The quantitative estimate of drug-likeness (QED) is 0.0941. The molecule has 4 heterocycles. The minimum Gasteiger partial charge on any atom is -0.311 e. The average molecular weight is 1280 g/mol. The normalized spacial score (nSPS) is 13.0. The maximum Gasteiger partial charge on any atom is 0.418 e. The second-order valence-electron chi connectivity index (χ2n) is 24.8. The van der Waals surface area contributed by atoms with Gasteiger partial charge in [-0.05, 0) is 171 Å². The summed E-state index contributed by atoms with van der Waals surface area (Å²) in [4.78, 5) is 11.7. The molecule has 12 heteroatoms. The van der Waals surface area contributed by atoms with Crippen molar-refractivity contribution in [3.63, 3.8) is 0 Å². The van der Waals surface area contributed by atoms with Crippen molar-refractivity contribution in [1.82, 2.24) is 0 Å². The SMILES string of the molecule is Fc1c2c(cc3c1N(c1ccccc1C(F)(F)F)c1cc(N(c4ccccc4)c4ccccc4)cc4c1B3c1ccccc1N4c1ccccc1)B1c3ccccc3N(c3ccccc3)c3cc(N(c4ccc(-c5ccccc5)cc4)c4cccc(-c5ccccc5)c4)cc(c31)S2. The van der Waals surface area contributed by atoms with E-state index in [9.17, 15) is 0 Å². The molecule has 14 aromatic rings. The number of hydrogen-bond acceptors (Lipinski definition) is 6. The highest BCUT2D eigenvalue weighted by Gasteiger charge is 2.50. The summed E-state index contributed by atoms with van der Waals surface area (Å²) >= 11 is 1.35. The predicted molar refractivity (Wildman–Crippen MR) is 396 cm³/mol. The molecule has 0 bridgehead atoms. The molecule has 18 rings (SSSR count). The van der Waals surface area contributed by atoms with Crippen molar-refractivity contribution in [2.24, 2.45) is 0 Å². The van der Waals surface area contributed by atoms with Crippen LogP contribution in [0.15, 0.2) is 343 Å². The van der Waals surface area contributed by atoms with Crippen LogP contribution in [0.3, 0.4) is 0 Å². The van der Waals surface area contributed by atoms with Gasteiger partial charge in [0.05, 0.1) is 22.6 Å². The van der Waals surface area contributed by atoms with Gasteiger partial charge in [-0.25, -0.2) is 4.39 Å². The van der Waals surface area contributed by atoms with E-state index in [1.807, 2.05) is 127 Å². The van der Waals surface area contributed by atoms with Gasteiger partial charge in [0, 0.05) is 78.0 Å². The molecule has 0 aromatic heterocycles. The van der Waals surface area contributed by atoms with Gasteiger partial charge in [0.25, 0.3) is 6.71 Å². The van der Waals surface area contributed by atoms with Crippen molar-refractivity contribution < 1.29 is 17.6 Å². The fraction of sp³-hybridized carbons (Fsp3) is 0.0118. The van der Waals surface area contributed by atoms with Crippen LogP contribution in [0.1, 0.15) is 5.56 Å². The number of nitrogens with zero attached hydrogens (tertiary/aromatic N) is 5. The molecule has 0 saturated heterocycles. The molecule has 4 aliphatic heterocycles. The summed E-state index contributed by atoms with van der Waals surface area (Å²) in [6, 6.07) is 111. The summed E-state index contributed by atoms with van der Waals surface area (Å²) in [5.74, 6) is -0.609. The number of benzene rings is 14. The fourth-order valence-corrected chi connectivity index (χ4v) is 16.5. The second kappa shape index (κ2) is 23.3. The van der Waals surface area contributed by atoms with Crippen LogP contribution in [-0.2, 0) is 6.18 Å². The van der Waals surface area contributed by atoms with Crippen molar-refractivity contribution in [3.05, 3.63) is 345 Å². The lowest BCUT2D eigenvalue weighted by atomic mass is 9.31. The molecule has 0 spiro atoms. The van der Waals surface area contributed by atoms with Crippen LogP contribution in [0, 0.1) is 5.82 Å². The Balaban J connectivity index is 0.924. The third-order valence-electron chi connectivity index (χ3n) is 19.3. The van der Waals surface area contributed by atoms with E-state index in [0.29, 0.717) is 21.7 Å². The largest absolute Gasteiger partial charge is 0.418 e. The fourth-order valence-electron chi connectivity index (χ4n) is 15.2. The number of fused-ring (bicyclic) bond motifs is 8. The monoisotopic (exact) mass is 1280 g/mol. The highest BCUT2D eigenvalue weighted by atomic mass is 32.2. The Bertz CT molecular complexity index is 5320. The van der Waals surface area contributed by atoms with Gasteiger partial charge in [-0.2, -0.15) is 13.2 Å². The Morgan fingerprint density at radius 1 is 0.299 bits per heavy atom. The third-order valence-corrected chi connectivity index (χ3v) is 20.5. The summed E-state index contributed by atoms with van der Waals surface area (Å²) in [6.45, 7) is -1.20. The van der Waals surface area contributed by atoms with Crippen LogP contribution < -0.4 is 57.3 Å². The van der Waals surface area contributed by atoms with Gasteiger partial charge < -0.3 is 24.5 Å². The van der Waals surface area contributed by atoms with Gasteiger partial charge in [-0.3, -0.25) is 0 Å². The molecule has 460 valence electrons. The molecule has 0 amide bonds. The topological polar surface area (TPSA) is 16.2 Å². The maximum atomic E-state index is 20.5. The smallest absolute Gasteiger partial charge is 0.311 e. The summed E-state index contributed by atoms with van der Waals surface area (Å²) in [5, 5.41) is 0. The Kier molecular flexibility index (Phi) is 13.9. The molecule has 0 fully saturated rings. The first-order chi connectivity index (χ1) is 47.7. The Morgan fingerprint density at radius 3 is 1.28 bits per heavy atom. The molecule has 0 atom stereocenters. The lowest BCUT2D eigenvalue weighted by molar-refractivity contribution is -0.137. The van der Waals surface area contributed by atoms with Crippen molar-refractivity contribution in [2.75, 3.05) is 24.5 Å². The molecule has 0 N–H and O–H groups in total. The van der Waals surface area contributed by atoms with Gasteiger partial charge in [0.2, 0.25) is 6.71 Å². The number of anilines is 15. The molecule has 4 aliphatic rings. The van der Waals surface area contributed by atoms with Crippen LogP contribution in [0.2, 0.25) is 0 Å². The Morgan fingerprint density at radius 2 is 0.711 bits per heavy atom. The summed E-state index contributed by atoms with van der Waals surface area (Å²) in [5.41, 5.74) is 18.9. The summed E-state index contributed by atoms with van der Waals surface area (Å²) in [7, 11) is 0. The first kappa shape index (κ1) is 57.9. The van der Waals surface area contributed by atoms with Gasteiger partial charge in [0.1, 0.15) is 0 Å². The first-order valence-electron chi connectivity index (χ1n) is 32.5. The molecular weight excluding hydrogens is 1220 g/mol. The van der Waals surface area contributed by atoms with E-state index in [1.165, 1.54) is 23.9 Å². The Labute approximate surface area is 565 Å². The lowest BCUT2D eigenvalue weighted by Gasteiger charge is -2.46. The van der Waals surface area contributed by atoms with E-state index >= 15 is 17.6 Å². The van der Waals surface area contributed by atoms with Crippen LogP contribution in [0.4, 0.5) is 103 Å². The van der Waals surface area contributed by atoms with Crippen LogP contribution in [0.25, 0.3) is 22.3 Å². The van der Waals surface area contributed by atoms with Crippen LogP contribution >= 0.6 is 11.8 Å². The van der Waals surface area contributed by atoms with E-state index in [-0.39, 0.29) is 11.4 Å². The summed E-state index contributed by atoms with van der Waals surface area (Å²) < 4.78 is 69.4. The zero-order chi connectivity index (χ0) is 64.9. The third kappa shape index (κ3) is 9.64. The maximum absolute atomic E-state index is 20.5. The second-order valence-corrected chi connectivity index (χ2v) is 25.8. The van der Waals surface area contributed by atoms with Gasteiger partial charge in [-0.15, -0.1) is 0 Å². The predicted octanol–water partition coefficient (Wildman–Crippen LogP) is 20.0. The molecule has 0 saturated carbocycles. The van der Waals surface area contributed by atoms with Gasteiger partial charge in [-0.1, -0.05) is 230 Å². The van der Waals surface area contributed by atoms with Crippen LogP contribution in [0.5, 0.6) is 0 Å². The molecule has 14 aromatic carbocycles. The number of halogens is 4. The van der Waals surface area contributed by atoms with E-state index in [1.54, 1.807) is 11.0 Å². The summed E-state index contributed by atoms with van der Waals surface area (Å²) in [6.07, 6.45) is -4.84. The average Bonchev–Trinajstić information content (AvgIpc) is 0.684. The number of para-hydroxylation sites is 7. The number of hydrogen-bond donors (Lipinski definition) is 0. The first-order valence-corrected chi connectivity index (χ1v) is 33.3. The molecule has 0 aliphatic carbocycles. The molecule has 0 radical (unpaired) electrons. The standard InChI is InChI=1S/C85H55B2F4N5S/c88-82-83-71(86-69-41-20-23-44-74(69)94(62-35-15-5-16-36-62)76-51-66(92(60-31-11-3-12-32-60)61-33-13-4-14-34-61)52-77(80(76)86)96(83)73-43-22-19-40-68(73)85(89,90)91)55-72-84(82)97-79-54-67(53-78-81(79)87(72)70-42-21-24-45-75(70)95(78)63-37-17-6-18-38-63)93(64-48-46-58(47-49-64)56-26-7-1-8-27-56)65-39-25-30-59(50-65)57-28-9-2-10-29-57/h1-55H. The van der Waals surface area contributed by atoms with Gasteiger partial charge in [0.15, 0.2) is 5.82 Å².